The summed E-state index contributed by atoms with van der Waals surface area (Å²) in [5, 5.41) is 6.11. The molecule has 2 amide bonds. The highest BCUT2D eigenvalue weighted by atomic mass is 32.1. The summed E-state index contributed by atoms with van der Waals surface area (Å²) >= 11 is 1.39. The van der Waals surface area contributed by atoms with Crippen LogP contribution in [-0.2, 0) is 4.79 Å². The standard InChI is InChI=1S/C19H16FN3O2S/c1-11-17(18(25)22-15-8-6-14(20)7-9-15)23-19(26-11)13-4-3-5-16(10-13)21-12(2)24/h3-10H,1-2H3,(H,21,24)(H,22,25). The molecular formula is C19H16FN3O2S. The van der Waals surface area contributed by atoms with Crippen LogP contribution in [0.1, 0.15) is 22.3 Å². The summed E-state index contributed by atoms with van der Waals surface area (Å²) in [5.74, 6) is -0.874. The summed E-state index contributed by atoms with van der Waals surface area (Å²) in [6.45, 7) is 3.26. The van der Waals surface area contributed by atoms with E-state index in [9.17, 15) is 14.0 Å². The lowest BCUT2D eigenvalue weighted by atomic mass is 10.2. The van der Waals surface area contributed by atoms with Crippen LogP contribution in [0.5, 0.6) is 0 Å². The second kappa shape index (κ2) is 7.45. The van der Waals surface area contributed by atoms with Crippen molar-refractivity contribution in [3.05, 3.63) is 64.9 Å². The topological polar surface area (TPSA) is 71.1 Å². The number of nitrogens with one attached hydrogen (secondary N) is 2. The third kappa shape index (κ3) is 4.12. The van der Waals surface area contributed by atoms with E-state index >= 15 is 0 Å². The van der Waals surface area contributed by atoms with Gasteiger partial charge < -0.3 is 10.6 Å². The number of halogens is 1. The minimum absolute atomic E-state index is 0.156. The lowest BCUT2D eigenvalue weighted by Gasteiger charge is -2.04. The van der Waals surface area contributed by atoms with Gasteiger partial charge in [-0.1, -0.05) is 12.1 Å². The van der Waals surface area contributed by atoms with Crippen LogP contribution in [0.3, 0.4) is 0 Å². The Hall–Kier alpha value is -3.06. The van der Waals surface area contributed by atoms with E-state index in [0.29, 0.717) is 22.1 Å². The molecule has 0 radical (unpaired) electrons. The first-order chi connectivity index (χ1) is 12.4. The molecule has 0 atom stereocenters. The highest BCUT2D eigenvalue weighted by molar-refractivity contribution is 7.15. The second-order valence-electron chi connectivity index (χ2n) is 5.65. The summed E-state index contributed by atoms with van der Waals surface area (Å²) in [4.78, 5) is 28.9. The van der Waals surface area contributed by atoms with Gasteiger partial charge in [-0.25, -0.2) is 9.37 Å². The van der Waals surface area contributed by atoms with Crippen molar-refractivity contribution in [3.8, 4) is 10.6 Å². The summed E-state index contributed by atoms with van der Waals surface area (Å²) < 4.78 is 13.0. The number of carbonyl (C=O) groups is 2. The van der Waals surface area contributed by atoms with Gasteiger partial charge in [-0.2, -0.15) is 0 Å². The number of hydrogen-bond donors (Lipinski definition) is 2. The Balaban J connectivity index is 1.83. The molecule has 2 N–H and O–H groups in total. The Morgan fingerprint density at radius 1 is 1.04 bits per heavy atom. The SMILES string of the molecule is CC(=O)Nc1cccc(-c2nc(C(=O)Nc3ccc(F)cc3)c(C)s2)c1. The van der Waals surface area contributed by atoms with Gasteiger partial charge >= 0.3 is 0 Å². The summed E-state index contributed by atoms with van der Waals surface area (Å²) in [6.07, 6.45) is 0. The Morgan fingerprint density at radius 2 is 1.77 bits per heavy atom. The number of carbonyl (C=O) groups excluding carboxylic acids is 2. The average Bonchev–Trinajstić information content (AvgIpc) is 2.99. The van der Waals surface area contributed by atoms with Crippen molar-refractivity contribution >= 4 is 34.5 Å². The van der Waals surface area contributed by atoms with Crippen LogP contribution in [0.4, 0.5) is 15.8 Å². The molecule has 3 rings (SSSR count). The van der Waals surface area contributed by atoms with E-state index in [1.807, 2.05) is 19.1 Å². The van der Waals surface area contributed by atoms with Gasteiger partial charge in [0, 0.05) is 28.7 Å². The molecule has 3 aromatic rings. The molecule has 0 fully saturated rings. The number of benzene rings is 2. The number of anilines is 2. The smallest absolute Gasteiger partial charge is 0.275 e. The van der Waals surface area contributed by atoms with E-state index in [-0.39, 0.29) is 17.6 Å². The van der Waals surface area contributed by atoms with Crippen LogP contribution in [0.25, 0.3) is 10.6 Å². The molecule has 2 aromatic carbocycles. The average molecular weight is 369 g/mol. The fraction of sp³-hybridized carbons (Fsp3) is 0.105. The Morgan fingerprint density at radius 3 is 2.46 bits per heavy atom. The van der Waals surface area contributed by atoms with Crippen molar-refractivity contribution in [2.75, 3.05) is 10.6 Å². The lowest BCUT2D eigenvalue weighted by molar-refractivity contribution is -0.114. The summed E-state index contributed by atoms with van der Waals surface area (Å²) in [7, 11) is 0. The van der Waals surface area contributed by atoms with Crippen LogP contribution < -0.4 is 10.6 Å². The zero-order chi connectivity index (χ0) is 18.7. The number of aryl methyl sites for hydroxylation is 1. The maximum Gasteiger partial charge on any atom is 0.275 e. The molecule has 0 saturated heterocycles. The molecular weight excluding hydrogens is 353 g/mol. The predicted octanol–water partition coefficient (Wildman–Crippen LogP) is 4.47. The highest BCUT2D eigenvalue weighted by Gasteiger charge is 2.17. The second-order valence-corrected chi connectivity index (χ2v) is 6.85. The predicted molar refractivity (Wildman–Crippen MR) is 101 cm³/mol. The molecule has 1 heterocycles. The van der Waals surface area contributed by atoms with Crippen LogP contribution >= 0.6 is 11.3 Å². The first-order valence-corrected chi connectivity index (χ1v) is 8.66. The quantitative estimate of drug-likeness (QED) is 0.713. The number of aromatic nitrogens is 1. The van der Waals surface area contributed by atoms with Gasteiger partial charge in [0.15, 0.2) is 0 Å². The van der Waals surface area contributed by atoms with Crippen molar-refractivity contribution in [2.45, 2.75) is 13.8 Å². The van der Waals surface area contributed by atoms with Crippen molar-refractivity contribution in [1.82, 2.24) is 4.98 Å². The fourth-order valence-corrected chi connectivity index (χ4v) is 3.29. The van der Waals surface area contributed by atoms with Crippen LogP contribution in [0.15, 0.2) is 48.5 Å². The zero-order valence-electron chi connectivity index (χ0n) is 14.2. The van der Waals surface area contributed by atoms with E-state index in [1.165, 1.54) is 42.5 Å². The first kappa shape index (κ1) is 17.8. The third-order valence-electron chi connectivity index (χ3n) is 3.54. The maximum atomic E-state index is 13.0. The summed E-state index contributed by atoms with van der Waals surface area (Å²) in [5.41, 5.74) is 2.29. The normalized spacial score (nSPS) is 10.4. The minimum atomic E-state index is -0.367. The molecule has 7 heteroatoms. The molecule has 132 valence electrons. The largest absolute Gasteiger partial charge is 0.326 e. The van der Waals surface area contributed by atoms with E-state index in [2.05, 4.69) is 15.6 Å². The third-order valence-corrected chi connectivity index (χ3v) is 4.56. The molecule has 0 aliphatic heterocycles. The van der Waals surface area contributed by atoms with Crippen molar-refractivity contribution in [1.29, 1.82) is 0 Å². The molecule has 5 nitrogen and oxygen atoms in total. The van der Waals surface area contributed by atoms with Crippen LogP contribution in [0, 0.1) is 12.7 Å². The minimum Gasteiger partial charge on any atom is -0.326 e. The van der Waals surface area contributed by atoms with E-state index < -0.39 is 0 Å². The molecule has 0 aliphatic carbocycles. The van der Waals surface area contributed by atoms with Gasteiger partial charge in [0.25, 0.3) is 5.91 Å². The molecule has 0 saturated carbocycles. The van der Waals surface area contributed by atoms with Gasteiger partial charge in [-0.3, -0.25) is 9.59 Å². The van der Waals surface area contributed by atoms with Gasteiger partial charge in [0.05, 0.1) is 0 Å². The zero-order valence-corrected chi connectivity index (χ0v) is 15.0. The van der Waals surface area contributed by atoms with Crippen molar-refractivity contribution in [3.63, 3.8) is 0 Å². The first-order valence-electron chi connectivity index (χ1n) is 7.85. The molecule has 0 spiro atoms. The van der Waals surface area contributed by atoms with Crippen LogP contribution in [-0.4, -0.2) is 16.8 Å². The number of rotatable bonds is 4. The molecule has 0 aliphatic rings. The summed E-state index contributed by atoms with van der Waals surface area (Å²) in [6, 6.07) is 12.8. The van der Waals surface area contributed by atoms with Crippen LogP contribution in [0.2, 0.25) is 0 Å². The number of amides is 2. The van der Waals surface area contributed by atoms with E-state index in [4.69, 9.17) is 0 Å². The highest BCUT2D eigenvalue weighted by Crippen LogP contribution is 2.29. The Bertz CT molecular complexity index is 967. The van der Waals surface area contributed by atoms with Crippen molar-refractivity contribution in [2.24, 2.45) is 0 Å². The Kier molecular flexibility index (Phi) is 5.09. The molecule has 0 unspecified atom stereocenters. The monoisotopic (exact) mass is 369 g/mol. The van der Waals surface area contributed by atoms with Gasteiger partial charge in [-0.15, -0.1) is 11.3 Å². The number of hydrogen-bond acceptors (Lipinski definition) is 4. The number of nitrogens with zero attached hydrogens (tertiary/aromatic N) is 1. The van der Waals surface area contributed by atoms with Gasteiger partial charge in [0.1, 0.15) is 16.5 Å². The Labute approximate surface area is 153 Å². The molecule has 26 heavy (non-hydrogen) atoms. The molecule has 1 aromatic heterocycles. The molecule has 0 bridgehead atoms. The fourth-order valence-electron chi connectivity index (χ4n) is 2.39. The van der Waals surface area contributed by atoms with E-state index in [0.717, 1.165) is 10.4 Å². The lowest BCUT2D eigenvalue weighted by Crippen LogP contribution is -2.13. The van der Waals surface area contributed by atoms with E-state index in [1.54, 1.807) is 12.1 Å². The number of thiazole rings is 1. The maximum absolute atomic E-state index is 13.0. The van der Waals surface area contributed by atoms with Gasteiger partial charge in [-0.05, 0) is 43.3 Å². The van der Waals surface area contributed by atoms with Crippen molar-refractivity contribution < 1.29 is 14.0 Å². The van der Waals surface area contributed by atoms with Gasteiger partial charge in [0.2, 0.25) is 5.91 Å².